The number of methoxy groups -OCH3 is 1. The lowest BCUT2D eigenvalue weighted by Crippen LogP contribution is -2.19. The highest BCUT2D eigenvalue weighted by atomic mass is 16.5. The molecule has 0 unspecified atom stereocenters. The average molecular weight is 273 g/mol. The maximum Gasteiger partial charge on any atom is 0.0718 e. The van der Waals surface area contributed by atoms with Crippen LogP contribution in [-0.4, -0.2) is 20.7 Å². The van der Waals surface area contributed by atoms with Crippen molar-refractivity contribution in [2.45, 2.75) is 38.7 Å². The lowest BCUT2D eigenvalue weighted by atomic mass is 9.82. The zero-order valence-corrected chi connectivity index (χ0v) is 12.8. The summed E-state index contributed by atoms with van der Waals surface area (Å²) in [5, 5.41) is 3.34. The molecule has 1 saturated carbocycles. The summed E-state index contributed by atoms with van der Waals surface area (Å²) >= 11 is 0. The first-order valence-corrected chi connectivity index (χ1v) is 7.77. The van der Waals surface area contributed by atoms with Gasteiger partial charge in [-0.3, -0.25) is 0 Å². The number of nitrogens with one attached hydrogen (secondary N) is 1. The van der Waals surface area contributed by atoms with Crippen LogP contribution in [0.4, 0.5) is 0 Å². The van der Waals surface area contributed by atoms with E-state index in [1.54, 1.807) is 12.7 Å². The molecule has 0 bridgehead atoms. The molecule has 1 fully saturated rings. The number of likely N-dealkylation sites (N-methyl/N-ethyl adjacent to an activating group) is 1. The molecule has 0 aliphatic heterocycles. The molecule has 1 aromatic rings. The molecule has 0 spiro atoms. The van der Waals surface area contributed by atoms with Crippen molar-refractivity contribution >= 4 is 6.08 Å². The van der Waals surface area contributed by atoms with Gasteiger partial charge in [0.1, 0.15) is 0 Å². The Labute approximate surface area is 123 Å². The van der Waals surface area contributed by atoms with Gasteiger partial charge in [-0.15, -0.1) is 0 Å². The van der Waals surface area contributed by atoms with E-state index in [9.17, 15) is 0 Å². The minimum Gasteiger partial charge on any atom is -0.380 e. The van der Waals surface area contributed by atoms with Gasteiger partial charge in [0.2, 0.25) is 0 Å². The highest BCUT2D eigenvalue weighted by Crippen LogP contribution is 2.31. The zero-order valence-electron chi connectivity index (χ0n) is 12.8. The van der Waals surface area contributed by atoms with Crippen LogP contribution in [0, 0.1) is 5.92 Å². The van der Waals surface area contributed by atoms with Crippen LogP contribution in [-0.2, 0) is 11.3 Å². The third-order valence-electron chi connectivity index (χ3n) is 4.21. The van der Waals surface area contributed by atoms with Gasteiger partial charge in [0.25, 0.3) is 0 Å². The van der Waals surface area contributed by atoms with E-state index < -0.39 is 0 Å². The average Bonchev–Trinajstić information content (AvgIpc) is 2.50. The van der Waals surface area contributed by atoms with Crippen LogP contribution in [0.25, 0.3) is 6.08 Å². The normalized spacial score (nSPS) is 17.4. The van der Waals surface area contributed by atoms with Crippen LogP contribution in [0.3, 0.4) is 0 Å². The zero-order chi connectivity index (χ0) is 14.2. The quantitative estimate of drug-likeness (QED) is 0.845. The van der Waals surface area contributed by atoms with Crippen LogP contribution >= 0.6 is 0 Å². The minimum absolute atomic E-state index is 0.685. The molecule has 2 rings (SSSR count). The first-order chi connectivity index (χ1) is 9.85. The molecule has 20 heavy (non-hydrogen) atoms. The van der Waals surface area contributed by atoms with Gasteiger partial charge in [-0.25, -0.2) is 0 Å². The lowest BCUT2D eigenvalue weighted by molar-refractivity contribution is 0.184. The maximum absolute atomic E-state index is 5.31. The van der Waals surface area contributed by atoms with Crippen molar-refractivity contribution in [1.29, 1.82) is 0 Å². The molecule has 1 aliphatic rings. The topological polar surface area (TPSA) is 21.3 Å². The molecule has 1 aromatic carbocycles. The predicted octanol–water partition coefficient (Wildman–Crippen LogP) is 4.02. The summed E-state index contributed by atoms with van der Waals surface area (Å²) < 4.78 is 5.31. The second-order valence-corrected chi connectivity index (χ2v) is 5.72. The van der Waals surface area contributed by atoms with Crippen molar-refractivity contribution in [3.8, 4) is 0 Å². The van der Waals surface area contributed by atoms with Crippen molar-refractivity contribution in [1.82, 2.24) is 5.32 Å². The standard InChI is InChI=1S/C18H27NO/c1-19-13-18(15-8-4-3-5-9-15)12-16-10-6-7-11-17(16)14-20-2/h6-7,10-12,15,19H,3-5,8-9,13-14H2,1-2H3/b18-12-. The summed E-state index contributed by atoms with van der Waals surface area (Å²) in [4.78, 5) is 0. The van der Waals surface area contributed by atoms with Crippen LogP contribution in [0.1, 0.15) is 43.2 Å². The highest BCUT2D eigenvalue weighted by Gasteiger charge is 2.17. The van der Waals surface area contributed by atoms with E-state index in [2.05, 4.69) is 35.7 Å². The van der Waals surface area contributed by atoms with Gasteiger partial charge in [-0.05, 0) is 36.9 Å². The monoisotopic (exact) mass is 273 g/mol. The summed E-state index contributed by atoms with van der Waals surface area (Å²) in [5.74, 6) is 0.756. The number of benzene rings is 1. The van der Waals surface area contributed by atoms with E-state index in [1.807, 2.05) is 7.05 Å². The fourth-order valence-corrected chi connectivity index (χ4v) is 3.15. The SMILES string of the molecule is CNC/C(=C/c1ccccc1COC)C1CCCCC1. The largest absolute Gasteiger partial charge is 0.380 e. The third-order valence-corrected chi connectivity index (χ3v) is 4.21. The molecule has 0 heterocycles. The number of rotatable bonds is 6. The molecule has 0 amide bonds. The fourth-order valence-electron chi connectivity index (χ4n) is 3.15. The second kappa shape index (κ2) is 8.23. The van der Waals surface area contributed by atoms with Gasteiger partial charge in [-0.2, -0.15) is 0 Å². The molecular weight excluding hydrogens is 246 g/mol. The molecule has 1 N–H and O–H groups in total. The molecule has 0 aromatic heterocycles. The van der Waals surface area contributed by atoms with Crippen molar-refractivity contribution in [3.63, 3.8) is 0 Å². The van der Waals surface area contributed by atoms with Crippen molar-refractivity contribution in [2.75, 3.05) is 20.7 Å². The van der Waals surface area contributed by atoms with Gasteiger partial charge in [-0.1, -0.05) is 55.2 Å². The number of hydrogen-bond donors (Lipinski definition) is 1. The Kier molecular flexibility index (Phi) is 6.28. The Morgan fingerprint density at radius 3 is 2.70 bits per heavy atom. The van der Waals surface area contributed by atoms with Crippen molar-refractivity contribution in [3.05, 3.63) is 41.0 Å². The summed E-state index contributed by atoms with van der Waals surface area (Å²) in [6, 6.07) is 8.56. The van der Waals surface area contributed by atoms with E-state index in [1.165, 1.54) is 43.2 Å². The molecule has 1 aliphatic carbocycles. The minimum atomic E-state index is 0.685. The van der Waals surface area contributed by atoms with E-state index in [4.69, 9.17) is 4.74 Å². The van der Waals surface area contributed by atoms with Crippen LogP contribution in [0.15, 0.2) is 29.8 Å². The number of ether oxygens (including phenoxy) is 1. The Hall–Kier alpha value is -1.12. The summed E-state index contributed by atoms with van der Waals surface area (Å²) in [6.45, 7) is 1.68. The fraction of sp³-hybridized carbons (Fsp3) is 0.556. The van der Waals surface area contributed by atoms with Gasteiger partial charge in [0.05, 0.1) is 6.61 Å². The van der Waals surface area contributed by atoms with Gasteiger partial charge in [0, 0.05) is 13.7 Å². The predicted molar refractivity (Wildman–Crippen MR) is 85.6 cm³/mol. The molecule has 0 radical (unpaired) electrons. The lowest BCUT2D eigenvalue weighted by Gasteiger charge is -2.25. The van der Waals surface area contributed by atoms with E-state index in [0.29, 0.717) is 6.61 Å². The highest BCUT2D eigenvalue weighted by molar-refractivity contribution is 5.57. The molecule has 0 atom stereocenters. The van der Waals surface area contributed by atoms with Crippen molar-refractivity contribution in [2.24, 2.45) is 5.92 Å². The molecular formula is C18H27NO. The molecule has 110 valence electrons. The van der Waals surface area contributed by atoms with Crippen LogP contribution in [0.5, 0.6) is 0 Å². The van der Waals surface area contributed by atoms with Crippen LogP contribution < -0.4 is 5.32 Å². The summed E-state index contributed by atoms with van der Waals surface area (Å²) in [7, 11) is 3.80. The maximum atomic E-state index is 5.31. The van der Waals surface area contributed by atoms with E-state index >= 15 is 0 Å². The molecule has 0 saturated heterocycles. The van der Waals surface area contributed by atoms with Gasteiger partial charge >= 0.3 is 0 Å². The van der Waals surface area contributed by atoms with Gasteiger partial charge < -0.3 is 10.1 Å². The first-order valence-electron chi connectivity index (χ1n) is 7.77. The Balaban J connectivity index is 2.22. The Morgan fingerprint density at radius 2 is 2.00 bits per heavy atom. The Bertz CT molecular complexity index is 433. The third kappa shape index (κ3) is 4.19. The Morgan fingerprint density at radius 1 is 1.25 bits per heavy atom. The number of hydrogen-bond acceptors (Lipinski definition) is 2. The summed E-state index contributed by atoms with van der Waals surface area (Å²) in [5.41, 5.74) is 4.14. The van der Waals surface area contributed by atoms with Crippen LogP contribution in [0.2, 0.25) is 0 Å². The summed E-state index contributed by atoms with van der Waals surface area (Å²) in [6.07, 6.45) is 9.25. The second-order valence-electron chi connectivity index (χ2n) is 5.72. The van der Waals surface area contributed by atoms with E-state index in [-0.39, 0.29) is 0 Å². The van der Waals surface area contributed by atoms with E-state index in [0.717, 1.165) is 12.5 Å². The smallest absolute Gasteiger partial charge is 0.0718 e. The first kappa shape index (κ1) is 15.3. The molecule has 2 heteroatoms. The van der Waals surface area contributed by atoms with Gasteiger partial charge in [0.15, 0.2) is 0 Å². The molecule has 2 nitrogen and oxygen atoms in total. The van der Waals surface area contributed by atoms with Crippen molar-refractivity contribution < 1.29 is 4.74 Å².